The van der Waals surface area contributed by atoms with E-state index in [1.807, 2.05) is 0 Å². The normalized spacial score (nSPS) is 45.9. The molecule has 0 atom stereocenters. The van der Waals surface area contributed by atoms with Gasteiger partial charge in [0.1, 0.15) is 11.4 Å². The Morgan fingerprint density at radius 1 is 0.962 bits per heavy atom. The lowest BCUT2D eigenvalue weighted by Crippen LogP contribution is -2.50. The molecule has 0 aliphatic heterocycles. The summed E-state index contributed by atoms with van der Waals surface area (Å²) in [6.07, 6.45) is 15.6. The third-order valence-electron chi connectivity index (χ3n) is 8.48. The van der Waals surface area contributed by atoms with Gasteiger partial charge in [0.25, 0.3) is 0 Å². The van der Waals surface area contributed by atoms with Crippen LogP contribution in [0.2, 0.25) is 0 Å². The molecule has 5 aliphatic carbocycles. The van der Waals surface area contributed by atoms with Crippen LogP contribution >= 0.6 is 0 Å². The average Bonchev–Trinajstić information content (AvgIpc) is 2.62. The number of ether oxygens (including phenoxy) is 1. The molecule has 0 unspecified atom stereocenters. The van der Waals surface area contributed by atoms with Crippen molar-refractivity contribution in [2.24, 2.45) is 29.1 Å². The van der Waals surface area contributed by atoms with Crippen molar-refractivity contribution in [2.45, 2.75) is 96.5 Å². The fourth-order valence-electron chi connectivity index (χ4n) is 6.80. The van der Waals surface area contributed by atoms with Gasteiger partial charge in [0, 0.05) is 12.3 Å². The maximum absolute atomic E-state index is 15.2. The first kappa shape index (κ1) is 18.5. The molecule has 5 aliphatic rings. The summed E-state index contributed by atoms with van der Waals surface area (Å²) in [7, 11) is 0. The van der Waals surface area contributed by atoms with Gasteiger partial charge in [0.15, 0.2) is 0 Å². The lowest BCUT2D eigenvalue weighted by molar-refractivity contribution is -0.161. The Hall–Kier alpha value is -0.860. The van der Waals surface area contributed by atoms with Gasteiger partial charge >= 0.3 is 5.97 Å². The van der Waals surface area contributed by atoms with Crippen LogP contribution in [0.1, 0.15) is 90.9 Å². The number of hydrogen-bond acceptors (Lipinski definition) is 2. The molecule has 2 bridgehead atoms. The fraction of sp³-hybridized carbons (Fsp3) is 0.870. The highest BCUT2D eigenvalue weighted by atomic mass is 19.1. The van der Waals surface area contributed by atoms with Gasteiger partial charge in [-0.15, -0.1) is 0 Å². The number of carbonyl (C=O) groups excluding carboxylic acids is 1. The zero-order chi connectivity index (χ0) is 18.4. The van der Waals surface area contributed by atoms with Gasteiger partial charge in [-0.05, 0) is 94.0 Å². The van der Waals surface area contributed by atoms with Crippen LogP contribution in [0.4, 0.5) is 4.39 Å². The van der Waals surface area contributed by atoms with Crippen LogP contribution in [0.3, 0.4) is 0 Å². The number of fused-ring (bicyclic) bond motifs is 2. The molecule has 0 saturated heterocycles. The minimum atomic E-state index is -0.645. The van der Waals surface area contributed by atoms with Crippen LogP contribution in [0, 0.1) is 29.1 Å². The molecular weight excluding hydrogens is 327 g/mol. The highest BCUT2D eigenvalue weighted by molar-refractivity contribution is 5.67. The van der Waals surface area contributed by atoms with E-state index in [9.17, 15) is 4.79 Å². The first-order valence-electron chi connectivity index (χ1n) is 11.0. The second-order valence-corrected chi connectivity index (χ2v) is 9.94. The third kappa shape index (κ3) is 3.24. The molecule has 0 aromatic rings. The lowest BCUT2D eigenvalue weighted by atomic mass is 9.53. The van der Waals surface area contributed by atoms with E-state index >= 15 is 4.39 Å². The van der Waals surface area contributed by atoms with E-state index in [0.717, 1.165) is 43.4 Å². The van der Waals surface area contributed by atoms with Gasteiger partial charge in [-0.2, -0.15) is 0 Å². The predicted molar refractivity (Wildman–Crippen MR) is 101 cm³/mol. The van der Waals surface area contributed by atoms with Crippen LogP contribution in [0.15, 0.2) is 11.9 Å². The molecule has 3 saturated carbocycles. The second kappa shape index (κ2) is 6.95. The summed E-state index contributed by atoms with van der Waals surface area (Å²) in [5, 5.41) is 0. The first-order valence-corrected chi connectivity index (χ1v) is 11.0. The van der Waals surface area contributed by atoms with E-state index in [1.54, 1.807) is 6.08 Å². The number of carbonyl (C=O) groups is 1. The maximum atomic E-state index is 15.2. The maximum Gasteiger partial charge on any atom is 0.303 e. The number of esters is 1. The minimum Gasteiger partial charge on any atom is -0.455 e. The van der Waals surface area contributed by atoms with Gasteiger partial charge in [-0.3, -0.25) is 4.79 Å². The number of halogens is 1. The Morgan fingerprint density at radius 2 is 1.50 bits per heavy atom. The van der Waals surface area contributed by atoms with Crippen LogP contribution in [0.25, 0.3) is 0 Å². The van der Waals surface area contributed by atoms with Gasteiger partial charge in [0.2, 0.25) is 0 Å². The van der Waals surface area contributed by atoms with Crippen molar-refractivity contribution in [3.05, 3.63) is 11.9 Å². The molecule has 2 nitrogen and oxygen atoms in total. The summed E-state index contributed by atoms with van der Waals surface area (Å²) < 4.78 is 20.7. The van der Waals surface area contributed by atoms with Crippen molar-refractivity contribution in [3.63, 3.8) is 0 Å². The summed E-state index contributed by atoms with van der Waals surface area (Å²) >= 11 is 0. The SMILES string of the molecule is CC(=O)OC12C=C(F)C(C3CCC(C4CCC(C)CC4)CC3)(CC1)CC2. The molecule has 0 amide bonds. The monoisotopic (exact) mass is 362 g/mol. The Morgan fingerprint density at radius 3 is 2.00 bits per heavy atom. The smallest absolute Gasteiger partial charge is 0.303 e. The second-order valence-electron chi connectivity index (χ2n) is 9.94. The highest BCUT2D eigenvalue weighted by Crippen LogP contribution is 2.61. The molecular formula is C23H35FO2. The molecule has 26 heavy (non-hydrogen) atoms. The topological polar surface area (TPSA) is 26.3 Å². The zero-order valence-corrected chi connectivity index (χ0v) is 16.6. The number of hydrogen-bond donors (Lipinski definition) is 0. The molecule has 0 radical (unpaired) electrons. The van der Waals surface area contributed by atoms with E-state index in [0.29, 0.717) is 5.92 Å². The Balaban J connectivity index is 1.40. The van der Waals surface area contributed by atoms with E-state index in [-0.39, 0.29) is 17.2 Å². The highest BCUT2D eigenvalue weighted by Gasteiger charge is 2.55. The largest absolute Gasteiger partial charge is 0.455 e. The van der Waals surface area contributed by atoms with Crippen LogP contribution in [0.5, 0.6) is 0 Å². The van der Waals surface area contributed by atoms with E-state index in [2.05, 4.69) is 6.92 Å². The summed E-state index contributed by atoms with van der Waals surface area (Å²) in [5.41, 5.74) is -0.887. The van der Waals surface area contributed by atoms with Crippen molar-refractivity contribution in [1.82, 2.24) is 0 Å². The van der Waals surface area contributed by atoms with Gasteiger partial charge < -0.3 is 4.74 Å². The average molecular weight is 363 g/mol. The summed E-state index contributed by atoms with van der Waals surface area (Å²) in [5.74, 6) is 2.97. The molecule has 0 spiro atoms. The van der Waals surface area contributed by atoms with Crippen LogP contribution in [-0.4, -0.2) is 11.6 Å². The van der Waals surface area contributed by atoms with Crippen LogP contribution < -0.4 is 0 Å². The minimum absolute atomic E-state index is 0.0335. The quantitative estimate of drug-likeness (QED) is 0.547. The Kier molecular flexibility index (Phi) is 4.94. The third-order valence-corrected chi connectivity index (χ3v) is 8.48. The van der Waals surface area contributed by atoms with Crippen molar-refractivity contribution in [2.75, 3.05) is 0 Å². The standard InChI is InChI=1S/C23H35FO2/c1-16-3-5-18(6-4-16)19-7-9-20(10-8-19)23-13-11-22(12-14-23,15-21(23)24)26-17(2)25/h15-16,18-20H,3-14H2,1-2H3. The lowest BCUT2D eigenvalue weighted by Gasteiger charge is -2.54. The zero-order valence-electron chi connectivity index (χ0n) is 16.6. The van der Waals surface area contributed by atoms with Gasteiger partial charge in [-0.1, -0.05) is 19.8 Å². The fourth-order valence-corrected chi connectivity index (χ4v) is 6.80. The van der Waals surface area contributed by atoms with E-state index in [1.165, 1.54) is 58.3 Å². The Labute approximate surface area is 157 Å². The molecule has 5 rings (SSSR count). The van der Waals surface area contributed by atoms with Gasteiger partial charge in [-0.25, -0.2) is 4.39 Å². The van der Waals surface area contributed by atoms with E-state index in [4.69, 9.17) is 4.74 Å². The molecule has 0 N–H and O–H groups in total. The van der Waals surface area contributed by atoms with Crippen molar-refractivity contribution >= 4 is 5.97 Å². The summed E-state index contributed by atoms with van der Waals surface area (Å²) in [6, 6.07) is 0. The molecule has 0 heterocycles. The molecule has 146 valence electrons. The first-order chi connectivity index (χ1) is 12.4. The predicted octanol–water partition coefficient (Wildman–Crippen LogP) is 6.35. The summed E-state index contributed by atoms with van der Waals surface area (Å²) in [4.78, 5) is 11.4. The Bertz CT molecular complexity index is 557. The van der Waals surface area contributed by atoms with Crippen LogP contribution in [-0.2, 0) is 9.53 Å². The van der Waals surface area contributed by atoms with Gasteiger partial charge in [0.05, 0.1) is 0 Å². The number of rotatable bonds is 3. The van der Waals surface area contributed by atoms with E-state index < -0.39 is 5.60 Å². The van der Waals surface area contributed by atoms with Crippen molar-refractivity contribution in [3.8, 4) is 0 Å². The molecule has 0 aromatic heterocycles. The molecule has 3 heteroatoms. The number of allylic oxidation sites excluding steroid dienone is 1. The van der Waals surface area contributed by atoms with Crippen molar-refractivity contribution in [1.29, 1.82) is 0 Å². The summed E-state index contributed by atoms with van der Waals surface area (Å²) in [6.45, 7) is 3.83. The van der Waals surface area contributed by atoms with Crippen molar-refractivity contribution < 1.29 is 13.9 Å². The molecule has 3 fully saturated rings. The molecule has 0 aromatic carbocycles.